The first-order valence-corrected chi connectivity index (χ1v) is 2.85. The van der Waals surface area contributed by atoms with E-state index in [1.807, 2.05) is 6.92 Å². The quantitative estimate of drug-likeness (QED) is 0.485. The topological polar surface area (TPSA) is 24.7 Å². The van der Waals surface area contributed by atoms with Gasteiger partial charge in [0.2, 0.25) is 0 Å². The maximum atomic E-state index is 3.94. The van der Waals surface area contributed by atoms with Gasteiger partial charge in [0.15, 0.2) is 0 Å². The SMILES string of the molecule is CCC(C)N=C=NC. The average molecular weight is 112 g/mol. The van der Waals surface area contributed by atoms with E-state index in [9.17, 15) is 0 Å². The number of rotatable bonds is 2. The van der Waals surface area contributed by atoms with Gasteiger partial charge < -0.3 is 0 Å². The number of hydrogen-bond donors (Lipinski definition) is 0. The highest BCUT2D eigenvalue weighted by Gasteiger charge is 1.87. The van der Waals surface area contributed by atoms with E-state index in [1.54, 1.807) is 7.05 Å². The third kappa shape index (κ3) is 3.57. The zero-order valence-corrected chi connectivity index (χ0v) is 5.68. The summed E-state index contributed by atoms with van der Waals surface area (Å²) in [6.45, 7) is 4.13. The van der Waals surface area contributed by atoms with E-state index >= 15 is 0 Å². The molecule has 1 atom stereocenters. The molecule has 0 saturated heterocycles. The van der Waals surface area contributed by atoms with Crippen LogP contribution in [0.4, 0.5) is 0 Å². The molecular weight excluding hydrogens is 100 g/mol. The molecule has 2 nitrogen and oxygen atoms in total. The molecule has 0 bridgehead atoms. The van der Waals surface area contributed by atoms with Crippen molar-refractivity contribution in [3.63, 3.8) is 0 Å². The Kier molecular flexibility index (Phi) is 4.19. The largest absolute Gasteiger partial charge is 0.229 e. The van der Waals surface area contributed by atoms with Crippen LogP contribution in [-0.4, -0.2) is 19.1 Å². The zero-order chi connectivity index (χ0) is 6.41. The lowest BCUT2D eigenvalue weighted by Crippen LogP contribution is -1.91. The Labute approximate surface area is 50.4 Å². The fraction of sp³-hybridized carbons (Fsp3) is 0.833. The maximum Gasteiger partial charge on any atom is 0.0892 e. The number of aliphatic imine (C=N–C) groups is 2. The molecule has 0 aliphatic carbocycles. The minimum absolute atomic E-state index is 0.374. The summed E-state index contributed by atoms with van der Waals surface area (Å²) in [6, 6.07) is 2.92. The first-order valence-electron chi connectivity index (χ1n) is 2.85. The minimum atomic E-state index is 0.374. The monoisotopic (exact) mass is 112 g/mol. The summed E-state index contributed by atoms with van der Waals surface area (Å²) >= 11 is 0. The molecule has 0 fully saturated rings. The van der Waals surface area contributed by atoms with Crippen molar-refractivity contribution in [2.24, 2.45) is 9.98 Å². The summed E-state index contributed by atoms with van der Waals surface area (Å²) in [5.74, 6) is 0. The van der Waals surface area contributed by atoms with Crippen molar-refractivity contribution in [3.8, 4) is 0 Å². The van der Waals surface area contributed by atoms with Crippen molar-refractivity contribution in [1.82, 2.24) is 0 Å². The Morgan fingerprint density at radius 2 is 2.25 bits per heavy atom. The third-order valence-electron chi connectivity index (χ3n) is 0.969. The van der Waals surface area contributed by atoms with Crippen molar-refractivity contribution in [2.45, 2.75) is 26.3 Å². The molecule has 0 aromatic heterocycles. The summed E-state index contributed by atoms with van der Waals surface area (Å²) in [4.78, 5) is 7.55. The van der Waals surface area contributed by atoms with E-state index < -0.39 is 0 Å². The van der Waals surface area contributed by atoms with Gasteiger partial charge in [0, 0.05) is 7.05 Å². The predicted octanol–water partition coefficient (Wildman–Crippen LogP) is 1.59. The zero-order valence-electron chi connectivity index (χ0n) is 5.68. The van der Waals surface area contributed by atoms with Gasteiger partial charge in [-0.15, -0.1) is 0 Å². The second-order valence-electron chi connectivity index (χ2n) is 1.71. The Morgan fingerprint density at radius 1 is 1.62 bits per heavy atom. The summed E-state index contributed by atoms with van der Waals surface area (Å²) in [7, 11) is 1.67. The fourth-order valence-corrected chi connectivity index (χ4v) is 0.248. The molecule has 0 amide bonds. The van der Waals surface area contributed by atoms with Crippen molar-refractivity contribution in [3.05, 3.63) is 0 Å². The van der Waals surface area contributed by atoms with Crippen LogP contribution in [0.2, 0.25) is 0 Å². The normalized spacial score (nSPS) is 11.9. The number of nitrogens with zero attached hydrogens (tertiary/aromatic N) is 2. The van der Waals surface area contributed by atoms with E-state index in [0.29, 0.717) is 6.04 Å². The molecule has 1 unspecified atom stereocenters. The van der Waals surface area contributed by atoms with Crippen LogP contribution in [0.5, 0.6) is 0 Å². The molecule has 0 heterocycles. The molecule has 0 rings (SSSR count). The van der Waals surface area contributed by atoms with Crippen molar-refractivity contribution in [2.75, 3.05) is 7.05 Å². The molecule has 46 valence electrons. The molecule has 0 aromatic carbocycles. The number of hydrogen-bond acceptors (Lipinski definition) is 2. The molecule has 0 spiro atoms. The summed E-state index contributed by atoms with van der Waals surface area (Å²) < 4.78 is 0. The van der Waals surface area contributed by atoms with E-state index in [1.165, 1.54) is 0 Å². The summed E-state index contributed by atoms with van der Waals surface area (Å²) in [5.41, 5.74) is 0. The Morgan fingerprint density at radius 3 is 2.62 bits per heavy atom. The molecule has 8 heavy (non-hydrogen) atoms. The van der Waals surface area contributed by atoms with Crippen LogP contribution in [0.3, 0.4) is 0 Å². The lowest BCUT2D eigenvalue weighted by molar-refractivity contribution is 0.720. The lowest BCUT2D eigenvalue weighted by Gasteiger charge is -1.93. The van der Waals surface area contributed by atoms with Crippen LogP contribution in [0.1, 0.15) is 20.3 Å². The maximum absolute atomic E-state index is 3.94. The van der Waals surface area contributed by atoms with Gasteiger partial charge >= 0.3 is 0 Å². The van der Waals surface area contributed by atoms with Gasteiger partial charge in [-0.3, -0.25) is 0 Å². The summed E-state index contributed by atoms with van der Waals surface area (Å²) in [5, 5.41) is 0. The minimum Gasteiger partial charge on any atom is -0.229 e. The Balaban J connectivity index is 3.52. The Hall–Kier alpha value is -0.620. The van der Waals surface area contributed by atoms with Gasteiger partial charge in [-0.05, 0) is 13.3 Å². The van der Waals surface area contributed by atoms with Gasteiger partial charge in [0.05, 0.1) is 12.1 Å². The first-order chi connectivity index (χ1) is 3.81. The van der Waals surface area contributed by atoms with E-state index in [0.717, 1.165) is 6.42 Å². The second-order valence-corrected chi connectivity index (χ2v) is 1.71. The van der Waals surface area contributed by atoms with Crippen LogP contribution in [0, 0.1) is 0 Å². The molecule has 0 aromatic rings. The lowest BCUT2D eigenvalue weighted by atomic mass is 10.3. The third-order valence-corrected chi connectivity index (χ3v) is 0.969. The Bertz CT molecular complexity index is 101. The van der Waals surface area contributed by atoms with Gasteiger partial charge in [-0.2, -0.15) is 0 Å². The molecule has 0 saturated carbocycles. The van der Waals surface area contributed by atoms with Gasteiger partial charge in [0.25, 0.3) is 0 Å². The van der Waals surface area contributed by atoms with Crippen molar-refractivity contribution >= 4 is 6.01 Å². The standard InChI is InChI=1S/C6H12N2/c1-4-6(2)8-5-7-3/h6H,4H2,1-3H3. The molecule has 0 aliphatic rings. The van der Waals surface area contributed by atoms with Crippen molar-refractivity contribution in [1.29, 1.82) is 0 Å². The van der Waals surface area contributed by atoms with Crippen LogP contribution in [0.15, 0.2) is 9.98 Å². The van der Waals surface area contributed by atoms with E-state index in [-0.39, 0.29) is 0 Å². The highest BCUT2D eigenvalue weighted by molar-refractivity contribution is 5.40. The molecule has 2 heteroatoms. The first kappa shape index (κ1) is 7.38. The highest BCUT2D eigenvalue weighted by atomic mass is 14.8. The average Bonchev–Trinajstić information content (AvgIpc) is 1.83. The van der Waals surface area contributed by atoms with Crippen molar-refractivity contribution < 1.29 is 0 Å². The molecule has 0 radical (unpaired) electrons. The smallest absolute Gasteiger partial charge is 0.0892 e. The van der Waals surface area contributed by atoms with E-state index in [2.05, 4.69) is 22.9 Å². The van der Waals surface area contributed by atoms with E-state index in [4.69, 9.17) is 0 Å². The summed E-state index contributed by atoms with van der Waals surface area (Å²) in [6.07, 6.45) is 1.06. The fourth-order valence-electron chi connectivity index (χ4n) is 0.248. The van der Waals surface area contributed by atoms with Crippen LogP contribution in [0.25, 0.3) is 0 Å². The van der Waals surface area contributed by atoms with Crippen LogP contribution < -0.4 is 0 Å². The van der Waals surface area contributed by atoms with Gasteiger partial charge in [-0.1, -0.05) is 6.92 Å². The van der Waals surface area contributed by atoms with Crippen LogP contribution in [-0.2, 0) is 0 Å². The van der Waals surface area contributed by atoms with Crippen LogP contribution >= 0.6 is 0 Å². The second kappa shape index (κ2) is 4.54. The molecule has 0 N–H and O–H groups in total. The molecule has 0 aliphatic heterocycles. The van der Waals surface area contributed by atoms with Gasteiger partial charge in [-0.25, -0.2) is 9.98 Å². The predicted molar refractivity (Wildman–Crippen MR) is 35.5 cm³/mol. The highest BCUT2D eigenvalue weighted by Crippen LogP contribution is 1.90. The van der Waals surface area contributed by atoms with Gasteiger partial charge in [0.1, 0.15) is 0 Å². The molecular formula is C6H12N2.